The fraction of sp³-hybridized carbons (Fsp3) is 0.476. The minimum Gasteiger partial charge on any atom is -0.497 e. The number of fused-ring (bicyclic) bond motifs is 1. The van der Waals surface area contributed by atoms with E-state index in [0.717, 1.165) is 56.0 Å². The Morgan fingerprint density at radius 1 is 1.41 bits per heavy atom. The van der Waals surface area contributed by atoms with Crippen LogP contribution >= 0.6 is 0 Å². The molecule has 1 N–H and O–H groups in total. The third kappa shape index (κ3) is 4.11. The van der Waals surface area contributed by atoms with E-state index in [1.165, 1.54) is 11.3 Å². The van der Waals surface area contributed by atoms with Gasteiger partial charge in [-0.25, -0.2) is 9.97 Å². The van der Waals surface area contributed by atoms with Crippen molar-refractivity contribution in [2.75, 3.05) is 26.7 Å². The van der Waals surface area contributed by atoms with E-state index >= 15 is 0 Å². The van der Waals surface area contributed by atoms with E-state index in [1.807, 2.05) is 35.4 Å². The van der Waals surface area contributed by atoms with Crippen LogP contribution in [0.15, 0.2) is 30.5 Å². The van der Waals surface area contributed by atoms with Crippen LogP contribution in [0.3, 0.4) is 0 Å². The molecule has 0 unspecified atom stereocenters. The molecule has 0 saturated carbocycles. The van der Waals surface area contributed by atoms with Crippen molar-refractivity contribution < 1.29 is 9.53 Å². The van der Waals surface area contributed by atoms with Gasteiger partial charge in [0, 0.05) is 56.0 Å². The van der Waals surface area contributed by atoms with E-state index in [4.69, 9.17) is 9.72 Å². The molecule has 2 aromatic rings. The standard InChI is InChI=1S/C21H26N4O2/c1-27-18-6-2-4-15(10-18)11-20(26)25-9-3-5-16(14-25)21-23-13-17-12-22-8-7-19(17)24-21/h2,4,6,10,13,16,22H,3,5,7-9,11-12,14H2,1H3/t16-/m0/s1. The molecular formula is C21H26N4O2. The summed E-state index contributed by atoms with van der Waals surface area (Å²) in [6.45, 7) is 3.35. The lowest BCUT2D eigenvalue weighted by Gasteiger charge is -2.32. The van der Waals surface area contributed by atoms with Gasteiger partial charge in [-0.2, -0.15) is 0 Å². The van der Waals surface area contributed by atoms with Gasteiger partial charge in [0.05, 0.1) is 13.5 Å². The number of piperidine rings is 1. The van der Waals surface area contributed by atoms with Crippen molar-refractivity contribution in [1.29, 1.82) is 0 Å². The molecular weight excluding hydrogens is 340 g/mol. The molecule has 4 rings (SSSR count). The van der Waals surface area contributed by atoms with E-state index in [1.54, 1.807) is 7.11 Å². The summed E-state index contributed by atoms with van der Waals surface area (Å²) in [7, 11) is 1.64. The van der Waals surface area contributed by atoms with E-state index in [-0.39, 0.29) is 11.8 Å². The van der Waals surface area contributed by atoms with Gasteiger partial charge in [-0.05, 0) is 30.5 Å². The topological polar surface area (TPSA) is 67.3 Å². The molecule has 1 aromatic heterocycles. The van der Waals surface area contributed by atoms with Gasteiger partial charge in [0.15, 0.2) is 0 Å². The number of carbonyl (C=O) groups excluding carboxylic acids is 1. The number of methoxy groups -OCH3 is 1. The maximum absolute atomic E-state index is 12.8. The number of hydrogen-bond donors (Lipinski definition) is 1. The van der Waals surface area contributed by atoms with Crippen LogP contribution in [0.2, 0.25) is 0 Å². The Labute approximate surface area is 160 Å². The van der Waals surface area contributed by atoms with E-state index in [2.05, 4.69) is 10.3 Å². The zero-order valence-corrected chi connectivity index (χ0v) is 15.8. The lowest BCUT2D eigenvalue weighted by molar-refractivity contribution is -0.131. The van der Waals surface area contributed by atoms with Gasteiger partial charge in [0.25, 0.3) is 0 Å². The second kappa shape index (κ2) is 8.05. The Bertz CT molecular complexity index is 824. The molecule has 142 valence electrons. The molecule has 1 saturated heterocycles. The number of carbonyl (C=O) groups is 1. The fourth-order valence-electron chi connectivity index (χ4n) is 3.93. The summed E-state index contributed by atoms with van der Waals surface area (Å²) >= 11 is 0. The molecule has 3 heterocycles. The first kappa shape index (κ1) is 17.9. The minimum atomic E-state index is 0.162. The zero-order chi connectivity index (χ0) is 18.6. The van der Waals surface area contributed by atoms with Gasteiger partial charge < -0.3 is 15.0 Å². The Balaban J connectivity index is 1.43. The van der Waals surface area contributed by atoms with E-state index in [0.29, 0.717) is 13.0 Å². The number of ether oxygens (including phenoxy) is 1. The van der Waals surface area contributed by atoms with Gasteiger partial charge in [0.2, 0.25) is 5.91 Å². The summed E-state index contributed by atoms with van der Waals surface area (Å²) in [5.74, 6) is 2.08. The van der Waals surface area contributed by atoms with Crippen LogP contribution in [0.1, 0.15) is 41.4 Å². The number of hydrogen-bond acceptors (Lipinski definition) is 5. The van der Waals surface area contributed by atoms with Crippen molar-refractivity contribution in [1.82, 2.24) is 20.2 Å². The summed E-state index contributed by atoms with van der Waals surface area (Å²) in [6, 6.07) is 7.73. The highest BCUT2D eigenvalue weighted by Crippen LogP contribution is 2.26. The van der Waals surface area contributed by atoms with Crippen LogP contribution < -0.4 is 10.1 Å². The number of likely N-dealkylation sites (tertiary alicyclic amines) is 1. The third-order valence-corrected chi connectivity index (χ3v) is 5.46. The molecule has 2 aliphatic rings. The first-order chi connectivity index (χ1) is 13.2. The molecule has 0 radical (unpaired) electrons. The largest absolute Gasteiger partial charge is 0.497 e. The number of aromatic nitrogens is 2. The number of nitrogens with one attached hydrogen (secondary N) is 1. The molecule has 1 fully saturated rings. The van der Waals surface area contributed by atoms with Crippen LogP contribution in [-0.4, -0.2) is 47.5 Å². The van der Waals surface area contributed by atoms with Crippen molar-refractivity contribution in [2.45, 2.75) is 38.1 Å². The van der Waals surface area contributed by atoms with E-state index < -0.39 is 0 Å². The highest BCUT2D eigenvalue weighted by molar-refractivity contribution is 5.79. The third-order valence-electron chi connectivity index (χ3n) is 5.46. The van der Waals surface area contributed by atoms with Crippen LogP contribution in [0, 0.1) is 0 Å². The molecule has 0 aliphatic carbocycles. The quantitative estimate of drug-likeness (QED) is 0.897. The molecule has 0 spiro atoms. The van der Waals surface area contributed by atoms with Gasteiger partial charge >= 0.3 is 0 Å². The Morgan fingerprint density at radius 2 is 2.33 bits per heavy atom. The molecule has 1 aromatic carbocycles. The lowest BCUT2D eigenvalue weighted by Crippen LogP contribution is -2.40. The first-order valence-corrected chi connectivity index (χ1v) is 9.69. The predicted molar refractivity (Wildman–Crippen MR) is 103 cm³/mol. The second-order valence-electron chi connectivity index (χ2n) is 7.33. The van der Waals surface area contributed by atoms with Crippen molar-refractivity contribution in [3.63, 3.8) is 0 Å². The van der Waals surface area contributed by atoms with Gasteiger partial charge in [0.1, 0.15) is 11.6 Å². The predicted octanol–water partition coefficient (Wildman–Crippen LogP) is 2.08. The SMILES string of the molecule is COc1cccc(CC(=O)N2CCC[C@H](c3ncc4c(n3)CCNC4)C2)c1. The average Bonchev–Trinajstić information content (AvgIpc) is 2.73. The minimum absolute atomic E-state index is 0.162. The lowest BCUT2D eigenvalue weighted by atomic mass is 9.96. The van der Waals surface area contributed by atoms with Crippen LogP contribution in [-0.2, 0) is 24.2 Å². The summed E-state index contributed by atoms with van der Waals surface area (Å²) in [6.07, 6.45) is 5.36. The Kier molecular flexibility index (Phi) is 5.34. The highest BCUT2D eigenvalue weighted by Gasteiger charge is 2.27. The Morgan fingerprint density at radius 3 is 3.22 bits per heavy atom. The second-order valence-corrected chi connectivity index (χ2v) is 7.33. The first-order valence-electron chi connectivity index (χ1n) is 9.69. The van der Waals surface area contributed by atoms with Crippen LogP contribution in [0.5, 0.6) is 5.75 Å². The smallest absolute Gasteiger partial charge is 0.227 e. The molecule has 6 heteroatoms. The number of rotatable bonds is 4. The maximum atomic E-state index is 12.8. The highest BCUT2D eigenvalue weighted by atomic mass is 16.5. The van der Waals surface area contributed by atoms with Gasteiger partial charge in [-0.1, -0.05) is 12.1 Å². The number of amides is 1. The molecule has 27 heavy (non-hydrogen) atoms. The summed E-state index contributed by atoms with van der Waals surface area (Å²) < 4.78 is 5.26. The zero-order valence-electron chi connectivity index (χ0n) is 15.8. The van der Waals surface area contributed by atoms with Gasteiger partial charge in [-0.15, -0.1) is 0 Å². The maximum Gasteiger partial charge on any atom is 0.227 e. The monoisotopic (exact) mass is 366 g/mol. The molecule has 6 nitrogen and oxygen atoms in total. The van der Waals surface area contributed by atoms with E-state index in [9.17, 15) is 4.79 Å². The average molecular weight is 366 g/mol. The molecule has 0 bridgehead atoms. The van der Waals surface area contributed by atoms with Crippen molar-refractivity contribution in [2.24, 2.45) is 0 Å². The molecule has 1 atom stereocenters. The van der Waals surface area contributed by atoms with Gasteiger partial charge in [-0.3, -0.25) is 4.79 Å². The van der Waals surface area contributed by atoms with Crippen molar-refractivity contribution >= 4 is 5.91 Å². The summed E-state index contributed by atoms with van der Waals surface area (Å²) in [5, 5.41) is 3.35. The summed E-state index contributed by atoms with van der Waals surface area (Å²) in [4.78, 5) is 24.2. The summed E-state index contributed by atoms with van der Waals surface area (Å²) in [5.41, 5.74) is 3.35. The molecule has 1 amide bonds. The van der Waals surface area contributed by atoms with Crippen LogP contribution in [0.25, 0.3) is 0 Å². The van der Waals surface area contributed by atoms with Crippen molar-refractivity contribution in [3.05, 3.63) is 53.1 Å². The number of nitrogens with zero attached hydrogens (tertiary/aromatic N) is 3. The molecule has 2 aliphatic heterocycles. The van der Waals surface area contributed by atoms with Crippen LogP contribution in [0.4, 0.5) is 0 Å². The van der Waals surface area contributed by atoms with Crippen molar-refractivity contribution in [3.8, 4) is 5.75 Å². The normalized spacial score (nSPS) is 19.4. The fourth-order valence-corrected chi connectivity index (χ4v) is 3.93. The Hall–Kier alpha value is -2.47. The number of benzene rings is 1.